The maximum Gasteiger partial charge on any atom is 0.0147 e. The van der Waals surface area contributed by atoms with Crippen LogP contribution >= 0.6 is 11.8 Å². The van der Waals surface area contributed by atoms with Crippen molar-refractivity contribution in [3.63, 3.8) is 0 Å². The zero-order valence-electron chi connectivity index (χ0n) is 8.83. The highest BCUT2D eigenvalue weighted by Gasteiger charge is 2.15. The third-order valence-corrected chi connectivity index (χ3v) is 3.60. The van der Waals surface area contributed by atoms with E-state index in [9.17, 15) is 0 Å². The Labute approximate surface area is 86.2 Å². The fourth-order valence-electron chi connectivity index (χ4n) is 1.73. The van der Waals surface area contributed by atoms with Gasteiger partial charge in [0.1, 0.15) is 0 Å². The van der Waals surface area contributed by atoms with Crippen LogP contribution in [0.4, 0.5) is 0 Å². The SMILES string of the molecule is CC(N)CCCN1CCSC(C)C1. The summed E-state index contributed by atoms with van der Waals surface area (Å²) >= 11 is 2.10. The minimum atomic E-state index is 0.372. The molecule has 78 valence electrons. The summed E-state index contributed by atoms with van der Waals surface area (Å²) in [5.41, 5.74) is 5.71. The molecule has 1 saturated heterocycles. The van der Waals surface area contributed by atoms with Crippen LogP contribution in [-0.4, -0.2) is 41.6 Å². The Kier molecular flexibility index (Phi) is 5.14. The maximum absolute atomic E-state index is 5.71. The molecule has 0 aliphatic carbocycles. The van der Waals surface area contributed by atoms with Crippen molar-refractivity contribution in [3.05, 3.63) is 0 Å². The van der Waals surface area contributed by atoms with E-state index in [4.69, 9.17) is 5.73 Å². The summed E-state index contributed by atoms with van der Waals surface area (Å²) in [6.45, 7) is 8.20. The van der Waals surface area contributed by atoms with Gasteiger partial charge in [0.05, 0.1) is 0 Å². The Bertz CT molecular complexity index is 139. The minimum absolute atomic E-state index is 0.372. The maximum atomic E-state index is 5.71. The molecule has 1 aliphatic heterocycles. The van der Waals surface area contributed by atoms with Crippen LogP contribution in [0.1, 0.15) is 26.7 Å². The van der Waals surface area contributed by atoms with Crippen LogP contribution in [0, 0.1) is 0 Å². The lowest BCUT2D eigenvalue weighted by molar-refractivity contribution is 0.278. The number of hydrogen-bond donors (Lipinski definition) is 1. The third-order valence-electron chi connectivity index (χ3n) is 2.46. The Hall–Kier alpha value is 0.270. The molecule has 2 atom stereocenters. The molecule has 2 N–H and O–H groups in total. The standard InChI is InChI=1S/C10H22N2S/c1-9(11)4-3-5-12-6-7-13-10(2)8-12/h9-10H,3-8,11H2,1-2H3. The zero-order chi connectivity index (χ0) is 9.68. The predicted octanol–water partition coefficient (Wildman–Crippen LogP) is 1.55. The molecule has 1 aliphatic rings. The molecule has 0 saturated carbocycles. The van der Waals surface area contributed by atoms with Crippen molar-refractivity contribution in [3.8, 4) is 0 Å². The Morgan fingerprint density at radius 2 is 2.38 bits per heavy atom. The van der Waals surface area contributed by atoms with E-state index in [2.05, 4.69) is 30.5 Å². The van der Waals surface area contributed by atoms with Gasteiger partial charge in [-0.15, -0.1) is 0 Å². The van der Waals surface area contributed by atoms with Crippen LogP contribution in [0.3, 0.4) is 0 Å². The van der Waals surface area contributed by atoms with Gasteiger partial charge in [-0.1, -0.05) is 6.92 Å². The lowest BCUT2D eigenvalue weighted by Gasteiger charge is -2.30. The van der Waals surface area contributed by atoms with Gasteiger partial charge in [0.2, 0.25) is 0 Å². The van der Waals surface area contributed by atoms with Crippen molar-refractivity contribution in [2.45, 2.75) is 38.0 Å². The molecule has 0 amide bonds. The van der Waals surface area contributed by atoms with Crippen molar-refractivity contribution in [1.29, 1.82) is 0 Å². The molecule has 0 aromatic rings. The van der Waals surface area contributed by atoms with Gasteiger partial charge in [0, 0.05) is 30.1 Å². The van der Waals surface area contributed by atoms with Crippen LogP contribution in [-0.2, 0) is 0 Å². The number of nitrogens with zero attached hydrogens (tertiary/aromatic N) is 1. The van der Waals surface area contributed by atoms with Gasteiger partial charge in [0.25, 0.3) is 0 Å². The minimum Gasteiger partial charge on any atom is -0.328 e. The van der Waals surface area contributed by atoms with Crippen molar-refractivity contribution in [1.82, 2.24) is 4.90 Å². The molecule has 2 unspecified atom stereocenters. The molecule has 0 aromatic heterocycles. The lowest BCUT2D eigenvalue weighted by atomic mass is 10.2. The molecule has 13 heavy (non-hydrogen) atoms. The topological polar surface area (TPSA) is 29.3 Å². The van der Waals surface area contributed by atoms with Gasteiger partial charge in [-0.2, -0.15) is 11.8 Å². The van der Waals surface area contributed by atoms with E-state index in [1.807, 2.05) is 0 Å². The van der Waals surface area contributed by atoms with E-state index in [0.29, 0.717) is 6.04 Å². The van der Waals surface area contributed by atoms with Crippen LogP contribution in [0.5, 0.6) is 0 Å². The normalized spacial score (nSPS) is 27.5. The quantitative estimate of drug-likeness (QED) is 0.750. The summed E-state index contributed by atoms with van der Waals surface area (Å²) < 4.78 is 0. The first-order chi connectivity index (χ1) is 6.18. The fourth-order valence-corrected chi connectivity index (χ4v) is 2.81. The highest BCUT2D eigenvalue weighted by Crippen LogP contribution is 2.17. The number of thioether (sulfide) groups is 1. The van der Waals surface area contributed by atoms with E-state index in [-0.39, 0.29) is 0 Å². The second-order valence-electron chi connectivity index (χ2n) is 4.10. The van der Waals surface area contributed by atoms with Crippen LogP contribution < -0.4 is 5.73 Å². The number of hydrogen-bond acceptors (Lipinski definition) is 3. The highest BCUT2D eigenvalue weighted by molar-refractivity contribution is 7.99. The summed E-state index contributed by atoms with van der Waals surface area (Å²) in [4.78, 5) is 2.57. The lowest BCUT2D eigenvalue weighted by Crippen LogP contribution is -2.37. The molecule has 3 heteroatoms. The predicted molar refractivity (Wildman–Crippen MR) is 61.2 cm³/mol. The third kappa shape index (κ3) is 4.89. The van der Waals surface area contributed by atoms with Gasteiger partial charge in [-0.3, -0.25) is 0 Å². The van der Waals surface area contributed by atoms with Gasteiger partial charge < -0.3 is 10.6 Å². The second kappa shape index (κ2) is 5.89. The van der Waals surface area contributed by atoms with E-state index < -0.39 is 0 Å². The first kappa shape index (κ1) is 11.3. The van der Waals surface area contributed by atoms with Crippen molar-refractivity contribution < 1.29 is 0 Å². The first-order valence-electron chi connectivity index (χ1n) is 5.28. The van der Waals surface area contributed by atoms with Crippen LogP contribution in [0.25, 0.3) is 0 Å². The Balaban J connectivity index is 2.06. The molecule has 0 aromatic carbocycles. The van der Waals surface area contributed by atoms with E-state index in [1.165, 1.54) is 31.8 Å². The molecule has 0 bridgehead atoms. The molecular weight excluding hydrogens is 180 g/mol. The summed E-state index contributed by atoms with van der Waals surface area (Å²) in [5, 5.41) is 0.823. The van der Waals surface area contributed by atoms with Gasteiger partial charge in [-0.25, -0.2) is 0 Å². The number of nitrogens with two attached hydrogens (primary N) is 1. The van der Waals surface area contributed by atoms with Gasteiger partial charge in [0.15, 0.2) is 0 Å². The van der Waals surface area contributed by atoms with Crippen molar-refractivity contribution in [2.75, 3.05) is 25.4 Å². The summed E-state index contributed by atoms with van der Waals surface area (Å²) in [6.07, 6.45) is 2.42. The van der Waals surface area contributed by atoms with E-state index in [0.717, 1.165) is 11.7 Å². The van der Waals surface area contributed by atoms with E-state index >= 15 is 0 Å². The summed E-state index contributed by atoms with van der Waals surface area (Å²) in [7, 11) is 0. The highest BCUT2D eigenvalue weighted by atomic mass is 32.2. The zero-order valence-corrected chi connectivity index (χ0v) is 9.65. The van der Waals surface area contributed by atoms with Crippen molar-refractivity contribution in [2.24, 2.45) is 5.73 Å². The molecule has 0 radical (unpaired) electrons. The molecule has 1 rings (SSSR count). The largest absolute Gasteiger partial charge is 0.328 e. The van der Waals surface area contributed by atoms with Crippen LogP contribution in [0.2, 0.25) is 0 Å². The molecule has 2 nitrogen and oxygen atoms in total. The van der Waals surface area contributed by atoms with Crippen molar-refractivity contribution >= 4 is 11.8 Å². The molecular formula is C10H22N2S. The fraction of sp³-hybridized carbons (Fsp3) is 1.00. The second-order valence-corrected chi connectivity index (χ2v) is 5.65. The first-order valence-corrected chi connectivity index (χ1v) is 6.33. The van der Waals surface area contributed by atoms with Gasteiger partial charge in [-0.05, 0) is 26.3 Å². The average molecular weight is 202 g/mol. The molecule has 0 spiro atoms. The monoisotopic (exact) mass is 202 g/mol. The number of rotatable bonds is 4. The molecule has 1 heterocycles. The van der Waals surface area contributed by atoms with Gasteiger partial charge >= 0.3 is 0 Å². The Morgan fingerprint density at radius 1 is 1.62 bits per heavy atom. The Morgan fingerprint density at radius 3 is 3.00 bits per heavy atom. The smallest absolute Gasteiger partial charge is 0.0147 e. The van der Waals surface area contributed by atoms with E-state index in [1.54, 1.807) is 0 Å². The van der Waals surface area contributed by atoms with Crippen LogP contribution in [0.15, 0.2) is 0 Å². The average Bonchev–Trinajstić information content (AvgIpc) is 2.03. The molecule has 1 fully saturated rings. The summed E-state index contributed by atoms with van der Waals surface area (Å²) in [5.74, 6) is 1.30. The summed E-state index contributed by atoms with van der Waals surface area (Å²) in [6, 6.07) is 0.372.